The Kier molecular flexibility index (Phi) is 11.9. The van der Waals surface area contributed by atoms with Gasteiger partial charge in [-0.25, -0.2) is 0 Å². The summed E-state index contributed by atoms with van der Waals surface area (Å²) < 4.78 is 0. The zero-order chi connectivity index (χ0) is 20.8. The number of aliphatic carboxylic acids is 1. The molecule has 0 saturated carbocycles. The number of rotatable bonds is 15. The van der Waals surface area contributed by atoms with Crippen LogP contribution < -0.4 is 5.32 Å². The highest BCUT2D eigenvalue weighted by molar-refractivity contribution is 5.98. The Morgan fingerprint density at radius 2 is 1.39 bits per heavy atom. The number of unbranched alkanes of at least 4 members (excludes halogenated alkanes) is 7. The second kappa shape index (κ2) is 13.9. The number of hydrogen-bond acceptors (Lipinski definition) is 3. The number of ketones is 1. The van der Waals surface area contributed by atoms with Crippen LogP contribution in [-0.2, 0) is 9.59 Å². The minimum Gasteiger partial charge on any atom is -0.481 e. The van der Waals surface area contributed by atoms with Crippen LogP contribution >= 0.6 is 0 Å². The second-order valence-corrected chi connectivity index (χ2v) is 7.54. The van der Waals surface area contributed by atoms with E-state index < -0.39 is 5.97 Å². The summed E-state index contributed by atoms with van der Waals surface area (Å²) in [6, 6.07) is 5.66. The molecule has 156 valence electrons. The highest BCUT2D eigenvalue weighted by Crippen LogP contribution is 2.13. The highest BCUT2D eigenvalue weighted by atomic mass is 16.4. The summed E-state index contributed by atoms with van der Waals surface area (Å²) in [7, 11) is 0. The van der Waals surface area contributed by atoms with Gasteiger partial charge in [-0.3, -0.25) is 14.4 Å². The van der Waals surface area contributed by atoms with E-state index in [9.17, 15) is 14.4 Å². The number of benzene rings is 1. The monoisotopic (exact) mass is 389 g/mol. The van der Waals surface area contributed by atoms with E-state index in [1.807, 2.05) is 32.0 Å². The lowest BCUT2D eigenvalue weighted by Crippen LogP contribution is -2.24. The van der Waals surface area contributed by atoms with Crippen LogP contribution in [0.1, 0.15) is 92.1 Å². The minimum atomic E-state index is -0.711. The van der Waals surface area contributed by atoms with Gasteiger partial charge in [-0.15, -0.1) is 0 Å². The topological polar surface area (TPSA) is 83.5 Å². The van der Waals surface area contributed by atoms with Gasteiger partial charge >= 0.3 is 5.97 Å². The fourth-order valence-electron chi connectivity index (χ4n) is 3.06. The molecule has 0 heterocycles. The Labute approximate surface area is 168 Å². The molecule has 0 fully saturated rings. The molecule has 1 amide bonds. The average Bonchev–Trinajstić information content (AvgIpc) is 2.66. The van der Waals surface area contributed by atoms with Crippen LogP contribution in [0.15, 0.2) is 18.2 Å². The van der Waals surface area contributed by atoms with Crippen LogP contribution in [0.4, 0.5) is 0 Å². The summed E-state index contributed by atoms with van der Waals surface area (Å²) in [4.78, 5) is 34.5. The van der Waals surface area contributed by atoms with Crippen LogP contribution in [0.3, 0.4) is 0 Å². The van der Waals surface area contributed by atoms with Gasteiger partial charge in [-0.1, -0.05) is 50.7 Å². The average molecular weight is 390 g/mol. The fraction of sp³-hybridized carbons (Fsp3) is 0.609. The molecule has 1 rings (SSSR count). The molecule has 0 bridgehead atoms. The van der Waals surface area contributed by atoms with E-state index in [1.54, 1.807) is 0 Å². The minimum absolute atomic E-state index is 0.0154. The Hall–Kier alpha value is -2.17. The third-order valence-corrected chi connectivity index (χ3v) is 5.05. The zero-order valence-electron chi connectivity index (χ0n) is 17.4. The molecular formula is C23H35NO4. The third kappa shape index (κ3) is 10.9. The molecule has 2 N–H and O–H groups in total. The van der Waals surface area contributed by atoms with Gasteiger partial charge in [0.05, 0.1) is 0 Å². The van der Waals surface area contributed by atoms with Crippen molar-refractivity contribution in [2.45, 2.75) is 84.5 Å². The lowest BCUT2D eigenvalue weighted by atomic mass is 10.0. The molecule has 0 spiro atoms. The largest absolute Gasteiger partial charge is 0.481 e. The normalized spacial score (nSPS) is 10.6. The molecule has 0 saturated heterocycles. The van der Waals surface area contributed by atoms with Crippen molar-refractivity contribution < 1.29 is 19.5 Å². The fourth-order valence-corrected chi connectivity index (χ4v) is 3.06. The quantitative estimate of drug-likeness (QED) is 0.327. The predicted octanol–water partition coefficient (Wildman–Crippen LogP) is 4.98. The number of hydrogen-bond donors (Lipinski definition) is 2. The van der Waals surface area contributed by atoms with E-state index in [0.717, 1.165) is 62.5 Å². The maximum Gasteiger partial charge on any atom is 0.303 e. The molecule has 28 heavy (non-hydrogen) atoms. The molecule has 1 aromatic carbocycles. The van der Waals surface area contributed by atoms with Gasteiger partial charge in [-0.2, -0.15) is 0 Å². The summed E-state index contributed by atoms with van der Waals surface area (Å²) in [6.07, 6.45) is 9.09. The first-order valence-electron chi connectivity index (χ1n) is 10.5. The predicted molar refractivity (Wildman–Crippen MR) is 112 cm³/mol. The first kappa shape index (κ1) is 23.9. The van der Waals surface area contributed by atoms with Crippen LogP contribution in [0, 0.1) is 13.8 Å². The van der Waals surface area contributed by atoms with Crippen molar-refractivity contribution in [1.82, 2.24) is 5.32 Å². The molecule has 0 aromatic heterocycles. The molecule has 5 heteroatoms. The third-order valence-electron chi connectivity index (χ3n) is 5.05. The maximum atomic E-state index is 12.2. The lowest BCUT2D eigenvalue weighted by molar-refractivity contribution is -0.137. The van der Waals surface area contributed by atoms with Crippen LogP contribution in [-0.4, -0.2) is 29.3 Å². The van der Waals surface area contributed by atoms with E-state index in [1.165, 1.54) is 0 Å². The van der Waals surface area contributed by atoms with E-state index in [4.69, 9.17) is 5.11 Å². The molecule has 0 unspecified atom stereocenters. The summed E-state index contributed by atoms with van der Waals surface area (Å²) in [6.45, 7) is 4.66. The first-order valence-corrected chi connectivity index (χ1v) is 10.5. The molecule has 0 aliphatic heterocycles. The Morgan fingerprint density at radius 3 is 2.00 bits per heavy atom. The molecule has 0 radical (unpaired) electrons. The van der Waals surface area contributed by atoms with Gasteiger partial charge in [0.25, 0.3) is 0 Å². The van der Waals surface area contributed by atoms with E-state index >= 15 is 0 Å². The van der Waals surface area contributed by atoms with Crippen molar-refractivity contribution >= 4 is 17.7 Å². The molecule has 1 aromatic rings. The Balaban J connectivity index is 2.00. The summed E-state index contributed by atoms with van der Waals surface area (Å²) in [5, 5.41) is 11.5. The number of carbonyl (C=O) groups excluding carboxylic acids is 2. The number of carboxylic acids is 1. The van der Waals surface area contributed by atoms with E-state index in [-0.39, 0.29) is 31.0 Å². The second-order valence-electron chi connectivity index (χ2n) is 7.54. The highest BCUT2D eigenvalue weighted by Gasteiger charge is 2.10. The van der Waals surface area contributed by atoms with Gasteiger partial charge in [0.15, 0.2) is 5.78 Å². The van der Waals surface area contributed by atoms with E-state index in [0.29, 0.717) is 12.1 Å². The van der Waals surface area contributed by atoms with Crippen molar-refractivity contribution in [3.63, 3.8) is 0 Å². The lowest BCUT2D eigenvalue weighted by Gasteiger charge is -2.06. The molecule has 0 aliphatic carbocycles. The van der Waals surface area contributed by atoms with Crippen molar-refractivity contribution in [3.8, 4) is 0 Å². The number of aryl methyl sites for hydroxylation is 2. The molecule has 0 aliphatic rings. The van der Waals surface area contributed by atoms with Crippen molar-refractivity contribution in [2.75, 3.05) is 6.54 Å². The van der Waals surface area contributed by atoms with Crippen LogP contribution in [0.5, 0.6) is 0 Å². The van der Waals surface area contributed by atoms with E-state index in [2.05, 4.69) is 5.32 Å². The smallest absolute Gasteiger partial charge is 0.303 e. The van der Waals surface area contributed by atoms with Crippen LogP contribution in [0.25, 0.3) is 0 Å². The number of carbonyl (C=O) groups is 3. The van der Waals surface area contributed by atoms with Crippen molar-refractivity contribution in [2.24, 2.45) is 0 Å². The summed E-state index contributed by atoms with van der Waals surface area (Å²) >= 11 is 0. The number of carboxylic acid groups (broad SMARTS) is 1. The summed E-state index contributed by atoms with van der Waals surface area (Å²) in [5.74, 6) is -0.756. The van der Waals surface area contributed by atoms with Gasteiger partial charge in [0.2, 0.25) is 5.91 Å². The summed E-state index contributed by atoms with van der Waals surface area (Å²) in [5.41, 5.74) is 2.93. The van der Waals surface area contributed by atoms with Crippen LogP contribution in [0.2, 0.25) is 0 Å². The number of Topliss-reactive ketones (excluding diaryl/α,β-unsaturated/α-hetero) is 1. The SMILES string of the molecule is Cc1ccc(C(=O)CCC(=O)NCCCCCCCCCCC(=O)O)cc1C. The van der Waals surface area contributed by atoms with Crippen molar-refractivity contribution in [1.29, 1.82) is 0 Å². The number of nitrogens with one attached hydrogen (secondary N) is 1. The van der Waals surface area contributed by atoms with Crippen molar-refractivity contribution in [3.05, 3.63) is 34.9 Å². The van der Waals surface area contributed by atoms with Gasteiger partial charge < -0.3 is 10.4 Å². The number of amides is 1. The first-order chi connectivity index (χ1) is 13.4. The van der Waals surface area contributed by atoms with Gasteiger partial charge in [0.1, 0.15) is 0 Å². The zero-order valence-corrected chi connectivity index (χ0v) is 17.4. The maximum absolute atomic E-state index is 12.2. The molecule has 0 atom stereocenters. The van der Waals surface area contributed by atoms with Gasteiger partial charge in [-0.05, 0) is 43.9 Å². The standard InChI is InChI=1S/C23H35NO4/c1-18-12-13-20(17-19(18)2)21(25)14-15-22(26)24-16-10-8-6-4-3-5-7-9-11-23(27)28/h12-13,17H,3-11,14-16H2,1-2H3,(H,24,26)(H,27,28). The van der Waals surface area contributed by atoms with Gasteiger partial charge in [0, 0.05) is 31.4 Å². The Morgan fingerprint density at radius 1 is 0.786 bits per heavy atom. The molecule has 5 nitrogen and oxygen atoms in total. The molecular weight excluding hydrogens is 354 g/mol. The Bertz CT molecular complexity index is 639.